The Bertz CT molecular complexity index is 2360. The molecule has 0 saturated heterocycles. The van der Waals surface area contributed by atoms with Crippen LogP contribution < -0.4 is 21.9 Å². The number of carbonyl (C=O) groups excluding carboxylic acids is 5. The van der Waals surface area contributed by atoms with Gasteiger partial charge in [-0.05, 0) is 88.2 Å². The summed E-state index contributed by atoms with van der Waals surface area (Å²) in [7, 11) is 0. The van der Waals surface area contributed by atoms with E-state index in [1.807, 2.05) is 12.1 Å². The fraction of sp³-hybridized carbons (Fsp3) is 0.500. The summed E-state index contributed by atoms with van der Waals surface area (Å²) in [6.45, 7) is 2.60. The van der Waals surface area contributed by atoms with Gasteiger partial charge >= 0.3 is 35.4 Å². The number of nitrogens with zero attached hydrogens (tertiary/aromatic N) is 3. The van der Waals surface area contributed by atoms with E-state index in [4.69, 9.17) is 34.3 Å². The molecule has 2 aliphatic rings. The van der Waals surface area contributed by atoms with Gasteiger partial charge < -0.3 is 54.9 Å². The summed E-state index contributed by atoms with van der Waals surface area (Å²) in [5, 5.41) is 41.8. The van der Waals surface area contributed by atoms with Crippen molar-refractivity contribution < 1.29 is 67.8 Å². The highest BCUT2D eigenvalue weighted by atomic mass is 16.7. The minimum absolute atomic E-state index is 0.00603. The van der Waals surface area contributed by atoms with E-state index in [-0.39, 0.29) is 102 Å². The molecule has 69 heavy (non-hydrogen) atoms. The monoisotopic (exact) mass is 962 g/mol. The van der Waals surface area contributed by atoms with Crippen molar-refractivity contribution in [3.8, 4) is 5.75 Å². The Kier molecular flexibility index (Phi) is 20.2. The van der Waals surface area contributed by atoms with E-state index in [2.05, 4.69) is 20.8 Å². The predicted octanol–water partition coefficient (Wildman–Crippen LogP) is 2.23. The number of aromatic nitrogens is 2. The fourth-order valence-electron chi connectivity index (χ4n) is 8.47. The van der Waals surface area contributed by atoms with Gasteiger partial charge in [0.2, 0.25) is 5.75 Å². The average molecular weight is 963 g/mol. The van der Waals surface area contributed by atoms with Gasteiger partial charge in [0.1, 0.15) is 19.0 Å². The van der Waals surface area contributed by atoms with Crippen LogP contribution in [0, 0.1) is 17.8 Å². The number of esters is 5. The maximum absolute atomic E-state index is 14.6. The smallest absolute Gasteiger partial charge is 0.379 e. The maximum Gasteiger partial charge on any atom is 0.379 e. The summed E-state index contributed by atoms with van der Waals surface area (Å²) < 4.78 is 27.2. The van der Waals surface area contributed by atoms with Crippen molar-refractivity contribution >= 4 is 41.4 Å². The normalized spacial score (nSPS) is 19.8. The van der Waals surface area contributed by atoms with Crippen LogP contribution in [-0.2, 0) is 67.3 Å². The molecule has 5 rings (SSSR count). The molecule has 1 heterocycles. The summed E-state index contributed by atoms with van der Waals surface area (Å²) in [5.74, 6) is -8.89. The van der Waals surface area contributed by atoms with Crippen molar-refractivity contribution in [2.75, 3.05) is 46.1 Å². The van der Waals surface area contributed by atoms with E-state index < -0.39 is 75.7 Å². The molecule has 2 aromatic carbocycles. The molecule has 21 nitrogen and oxygen atoms in total. The predicted molar refractivity (Wildman–Crippen MR) is 246 cm³/mol. The summed E-state index contributed by atoms with van der Waals surface area (Å²) in [4.78, 5) is 92.2. The molecule has 2 aliphatic carbocycles. The van der Waals surface area contributed by atoms with Crippen LogP contribution in [0.25, 0.3) is 5.70 Å². The minimum atomic E-state index is -1.43. The van der Waals surface area contributed by atoms with Gasteiger partial charge in [-0.3, -0.25) is 24.3 Å². The molecule has 0 aliphatic heterocycles. The zero-order valence-electron chi connectivity index (χ0n) is 39.1. The van der Waals surface area contributed by atoms with E-state index >= 15 is 0 Å². The largest absolute Gasteiger partial charge is 0.501 e. The van der Waals surface area contributed by atoms with Crippen molar-refractivity contribution in [3.05, 3.63) is 99.4 Å². The van der Waals surface area contributed by atoms with Gasteiger partial charge in [-0.2, -0.15) is 0 Å². The van der Waals surface area contributed by atoms with Gasteiger partial charge in [0, 0.05) is 25.2 Å². The Hall–Kier alpha value is -6.68. The molecule has 5 unspecified atom stereocenters. The molecule has 0 spiro atoms. The third-order valence-corrected chi connectivity index (χ3v) is 11.9. The van der Waals surface area contributed by atoms with Crippen molar-refractivity contribution in [2.24, 2.45) is 28.6 Å². The molecule has 3 aromatic rings. The number of nitrogens with one attached hydrogen (secondary N) is 2. The Morgan fingerprint density at radius 3 is 1.97 bits per heavy atom. The first kappa shape index (κ1) is 53.3. The zero-order chi connectivity index (χ0) is 49.9. The topological polar surface area (TPSA) is 299 Å². The van der Waals surface area contributed by atoms with E-state index in [9.17, 15) is 44.1 Å². The number of aliphatic hydroxyl groups is 2. The first-order valence-corrected chi connectivity index (χ1v) is 23.0. The third kappa shape index (κ3) is 14.7. The molecule has 1 aromatic heterocycles. The number of oxime groups is 1. The van der Waals surface area contributed by atoms with E-state index in [0.717, 1.165) is 11.1 Å². The van der Waals surface area contributed by atoms with Crippen LogP contribution in [0.15, 0.2) is 76.4 Å². The SMILES string of the molecule is CCOC(=O)/C(O/N=C(\N)C(NCC(=O)OCc1ccccc1)C1CCC(CO)C1)=C(\C(=O)OCC)n1c(CC2(NCC(=O)OCc3ccccc3)CCC(CO)C2)nc(C(=O)OCC)c(O)c1=O. The van der Waals surface area contributed by atoms with Gasteiger partial charge in [0.05, 0.1) is 39.0 Å². The minimum Gasteiger partial charge on any atom is -0.501 e. The summed E-state index contributed by atoms with van der Waals surface area (Å²) in [5.41, 5.74) is 3.67. The molecule has 21 heteroatoms. The van der Waals surface area contributed by atoms with Crippen molar-refractivity contribution in [3.63, 3.8) is 0 Å². The number of benzene rings is 2. The molecule has 0 radical (unpaired) electrons. The van der Waals surface area contributed by atoms with E-state index in [1.165, 1.54) is 20.8 Å². The second-order valence-electron chi connectivity index (χ2n) is 16.7. The zero-order valence-corrected chi connectivity index (χ0v) is 39.1. The number of nitrogens with two attached hydrogens (primary N) is 1. The second kappa shape index (κ2) is 26.2. The highest BCUT2D eigenvalue weighted by Crippen LogP contribution is 2.38. The Balaban J connectivity index is 1.60. The lowest BCUT2D eigenvalue weighted by Crippen LogP contribution is -2.49. The third-order valence-electron chi connectivity index (χ3n) is 11.9. The van der Waals surface area contributed by atoms with Crippen LogP contribution in [0.5, 0.6) is 5.75 Å². The number of rotatable bonds is 25. The van der Waals surface area contributed by atoms with Gasteiger partial charge in [0.15, 0.2) is 17.2 Å². The van der Waals surface area contributed by atoms with Crippen LogP contribution in [0.4, 0.5) is 0 Å². The maximum atomic E-state index is 14.6. The standard InChI is InChI=1S/C48H62N6O15/c1-4-64-45(61)39-41(59)44(60)54(35(52-39)23-48(20-19-33(22-48)27-56)51-25-37(58)68-29-31-15-11-8-12-16-31)40(46(62)65-5-2)42(47(63)66-6-3)69-53-43(49)38(34-18-17-32(21-34)26-55)50-24-36(57)67-28-30-13-9-7-10-14-30/h7-16,32-34,38,50-51,55-56,59H,4-6,17-29H2,1-3H3,(H2,49,53)/b42-40-. The van der Waals surface area contributed by atoms with Gasteiger partial charge in [-0.15, -0.1) is 0 Å². The number of aliphatic hydroxyl groups excluding tert-OH is 2. The first-order chi connectivity index (χ1) is 33.3. The summed E-state index contributed by atoms with van der Waals surface area (Å²) in [6, 6.07) is 17.1. The number of aromatic hydroxyl groups is 1. The van der Waals surface area contributed by atoms with Crippen LogP contribution in [0.1, 0.15) is 86.7 Å². The molecule has 7 N–H and O–H groups in total. The van der Waals surface area contributed by atoms with Gasteiger partial charge in [0.25, 0.3) is 5.76 Å². The molecule has 2 fully saturated rings. The number of ether oxygens (including phenoxy) is 5. The average Bonchev–Trinajstić information content (AvgIpc) is 4.01. The van der Waals surface area contributed by atoms with Crippen LogP contribution >= 0.6 is 0 Å². The van der Waals surface area contributed by atoms with Gasteiger partial charge in [-0.1, -0.05) is 65.8 Å². The quantitative estimate of drug-likeness (QED) is 0.0135. The van der Waals surface area contributed by atoms with Gasteiger partial charge in [-0.25, -0.2) is 19.4 Å². The number of amidine groups is 1. The van der Waals surface area contributed by atoms with Crippen molar-refractivity contribution in [2.45, 2.75) is 90.5 Å². The highest BCUT2D eigenvalue weighted by Gasteiger charge is 2.43. The summed E-state index contributed by atoms with van der Waals surface area (Å²) >= 11 is 0. The second-order valence-corrected chi connectivity index (χ2v) is 16.7. The first-order valence-electron chi connectivity index (χ1n) is 23.0. The number of carbonyl (C=O) groups is 5. The summed E-state index contributed by atoms with van der Waals surface area (Å²) in [6.07, 6.45) is 2.15. The van der Waals surface area contributed by atoms with E-state index in [1.54, 1.807) is 48.5 Å². The van der Waals surface area contributed by atoms with E-state index in [0.29, 0.717) is 30.3 Å². The lowest BCUT2D eigenvalue weighted by Gasteiger charge is -2.31. The molecule has 0 bridgehead atoms. The number of hydrogen-bond donors (Lipinski definition) is 6. The fourth-order valence-corrected chi connectivity index (χ4v) is 8.47. The molecule has 0 amide bonds. The van der Waals surface area contributed by atoms with Crippen molar-refractivity contribution in [1.82, 2.24) is 20.2 Å². The van der Waals surface area contributed by atoms with Crippen LogP contribution in [-0.4, -0.2) is 118 Å². The lowest BCUT2D eigenvalue weighted by molar-refractivity contribution is -0.145. The lowest BCUT2D eigenvalue weighted by atomic mass is 9.91. The molecular formula is C48H62N6O15. The Labute approximate surface area is 398 Å². The molecule has 2 saturated carbocycles. The van der Waals surface area contributed by atoms with Crippen molar-refractivity contribution in [1.29, 1.82) is 0 Å². The Morgan fingerprint density at radius 1 is 0.812 bits per heavy atom. The molecule has 5 atom stereocenters. The molecular weight excluding hydrogens is 901 g/mol. The number of hydrogen-bond acceptors (Lipinski definition) is 19. The molecule has 374 valence electrons. The highest BCUT2D eigenvalue weighted by molar-refractivity contribution is 6.16. The van der Waals surface area contributed by atoms with Crippen LogP contribution in [0.3, 0.4) is 0 Å². The Morgan fingerprint density at radius 2 is 1.41 bits per heavy atom. The van der Waals surface area contributed by atoms with Crippen LogP contribution in [0.2, 0.25) is 0 Å².